The lowest BCUT2D eigenvalue weighted by atomic mass is 9.95. The van der Waals surface area contributed by atoms with Gasteiger partial charge in [0.1, 0.15) is 12.4 Å². The van der Waals surface area contributed by atoms with E-state index in [0.29, 0.717) is 17.5 Å². The molecule has 17 heavy (non-hydrogen) atoms. The molecule has 3 nitrogen and oxygen atoms in total. The van der Waals surface area contributed by atoms with E-state index in [9.17, 15) is 0 Å². The van der Waals surface area contributed by atoms with Crippen LogP contribution in [0, 0.1) is 5.92 Å². The van der Waals surface area contributed by atoms with E-state index >= 15 is 0 Å². The Morgan fingerprint density at radius 2 is 2.41 bits per heavy atom. The van der Waals surface area contributed by atoms with Crippen LogP contribution in [0.15, 0.2) is 24.3 Å². The third-order valence-electron chi connectivity index (χ3n) is 3.04. The monoisotopic (exact) mass is 255 g/mol. The van der Waals surface area contributed by atoms with Crippen molar-refractivity contribution in [3.05, 3.63) is 29.3 Å². The molecule has 0 radical (unpaired) electrons. The van der Waals surface area contributed by atoms with Crippen molar-refractivity contribution in [2.24, 2.45) is 11.7 Å². The maximum atomic E-state index is 6.10. The fourth-order valence-corrected chi connectivity index (χ4v) is 2.17. The zero-order chi connectivity index (χ0) is 12.1. The molecule has 1 aliphatic rings. The Balaban J connectivity index is 1.80. The van der Waals surface area contributed by atoms with Gasteiger partial charge < -0.3 is 15.2 Å². The molecule has 1 heterocycles. The summed E-state index contributed by atoms with van der Waals surface area (Å²) in [5.41, 5.74) is 6.10. The van der Waals surface area contributed by atoms with E-state index in [1.807, 2.05) is 18.2 Å². The molecule has 0 spiro atoms. The third-order valence-corrected chi connectivity index (χ3v) is 3.27. The van der Waals surface area contributed by atoms with Gasteiger partial charge in [-0.25, -0.2) is 0 Å². The summed E-state index contributed by atoms with van der Waals surface area (Å²) in [6.45, 7) is 2.12. The number of halogens is 1. The average Bonchev–Trinajstić information content (AvgIpc) is 2.37. The molecule has 2 unspecified atom stereocenters. The van der Waals surface area contributed by atoms with Crippen LogP contribution in [0.4, 0.5) is 0 Å². The Morgan fingerprint density at radius 1 is 1.53 bits per heavy atom. The fraction of sp³-hybridized carbons (Fsp3) is 0.538. The van der Waals surface area contributed by atoms with Crippen molar-refractivity contribution in [3.8, 4) is 5.75 Å². The largest absolute Gasteiger partial charge is 0.492 e. The van der Waals surface area contributed by atoms with Gasteiger partial charge in [-0.05, 0) is 31.0 Å². The highest BCUT2D eigenvalue weighted by molar-refractivity contribution is 6.30. The van der Waals surface area contributed by atoms with E-state index in [1.165, 1.54) is 0 Å². The maximum Gasteiger partial charge on any atom is 0.120 e. The Kier molecular flexibility index (Phi) is 4.66. The highest BCUT2D eigenvalue weighted by Crippen LogP contribution is 2.20. The highest BCUT2D eigenvalue weighted by atomic mass is 35.5. The van der Waals surface area contributed by atoms with Crippen molar-refractivity contribution in [3.63, 3.8) is 0 Å². The molecular weight excluding hydrogens is 238 g/mol. The van der Waals surface area contributed by atoms with Crippen LogP contribution in [0.1, 0.15) is 12.8 Å². The molecule has 1 aromatic carbocycles. The molecule has 1 aliphatic heterocycles. The lowest BCUT2D eigenvalue weighted by molar-refractivity contribution is 0.0377. The van der Waals surface area contributed by atoms with Crippen LogP contribution in [0.25, 0.3) is 0 Å². The normalized spacial score (nSPS) is 22.1. The summed E-state index contributed by atoms with van der Waals surface area (Å²) in [6.07, 6.45) is 2.22. The minimum atomic E-state index is 0.0225. The van der Waals surface area contributed by atoms with Gasteiger partial charge in [0.2, 0.25) is 0 Å². The van der Waals surface area contributed by atoms with Crippen LogP contribution in [0.5, 0.6) is 5.75 Å². The summed E-state index contributed by atoms with van der Waals surface area (Å²) < 4.78 is 11.1. The van der Waals surface area contributed by atoms with Crippen molar-refractivity contribution in [2.75, 3.05) is 19.8 Å². The zero-order valence-corrected chi connectivity index (χ0v) is 10.5. The Labute approximate surface area is 107 Å². The van der Waals surface area contributed by atoms with Gasteiger partial charge in [0, 0.05) is 23.6 Å². The molecule has 2 N–H and O–H groups in total. The number of benzene rings is 1. The summed E-state index contributed by atoms with van der Waals surface area (Å²) in [6, 6.07) is 7.40. The molecular formula is C13H18ClNO2. The molecule has 1 fully saturated rings. The minimum Gasteiger partial charge on any atom is -0.492 e. The predicted molar refractivity (Wildman–Crippen MR) is 68.5 cm³/mol. The third kappa shape index (κ3) is 3.87. The lowest BCUT2D eigenvalue weighted by Gasteiger charge is -2.27. The number of hydrogen-bond donors (Lipinski definition) is 1. The molecule has 4 heteroatoms. The molecule has 0 bridgehead atoms. The summed E-state index contributed by atoms with van der Waals surface area (Å²) >= 11 is 5.88. The molecule has 1 aromatic rings. The van der Waals surface area contributed by atoms with Gasteiger partial charge in [0.25, 0.3) is 0 Å². The van der Waals surface area contributed by atoms with Gasteiger partial charge in [-0.1, -0.05) is 17.7 Å². The van der Waals surface area contributed by atoms with Crippen LogP contribution >= 0.6 is 11.6 Å². The molecule has 94 valence electrons. The molecule has 0 amide bonds. The first-order chi connectivity index (χ1) is 8.25. The van der Waals surface area contributed by atoms with Gasteiger partial charge in [0.15, 0.2) is 0 Å². The van der Waals surface area contributed by atoms with Gasteiger partial charge in [0.05, 0.1) is 6.61 Å². The SMILES string of the molecule is NC(COc1cccc(Cl)c1)C1CCCOC1. The number of hydrogen-bond acceptors (Lipinski definition) is 3. The Bertz CT molecular complexity index is 353. The molecule has 1 saturated heterocycles. The zero-order valence-electron chi connectivity index (χ0n) is 9.77. The Morgan fingerprint density at radius 3 is 3.12 bits per heavy atom. The van der Waals surface area contributed by atoms with Crippen molar-refractivity contribution in [1.82, 2.24) is 0 Å². The first-order valence-corrected chi connectivity index (χ1v) is 6.35. The Hall–Kier alpha value is -0.770. The van der Waals surface area contributed by atoms with Crippen LogP contribution in [-0.4, -0.2) is 25.9 Å². The van der Waals surface area contributed by atoms with Crippen molar-refractivity contribution in [2.45, 2.75) is 18.9 Å². The molecule has 2 atom stereocenters. The van der Waals surface area contributed by atoms with E-state index in [4.69, 9.17) is 26.8 Å². The number of ether oxygens (including phenoxy) is 2. The van der Waals surface area contributed by atoms with Gasteiger partial charge in [-0.3, -0.25) is 0 Å². The molecule has 2 rings (SSSR count). The average molecular weight is 256 g/mol. The standard InChI is InChI=1S/C13H18ClNO2/c14-11-4-1-5-12(7-11)17-9-13(15)10-3-2-6-16-8-10/h1,4-5,7,10,13H,2-3,6,8-9,15H2. The second-order valence-corrected chi connectivity index (χ2v) is 4.85. The van der Waals surface area contributed by atoms with Gasteiger partial charge >= 0.3 is 0 Å². The smallest absolute Gasteiger partial charge is 0.120 e. The van der Waals surface area contributed by atoms with Crippen LogP contribution in [-0.2, 0) is 4.74 Å². The second kappa shape index (κ2) is 6.24. The first-order valence-electron chi connectivity index (χ1n) is 5.97. The molecule has 0 saturated carbocycles. The lowest BCUT2D eigenvalue weighted by Crippen LogP contribution is -2.40. The van der Waals surface area contributed by atoms with Crippen molar-refractivity contribution < 1.29 is 9.47 Å². The summed E-state index contributed by atoms with van der Waals surface area (Å²) in [5, 5.41) is 0.678. The van der Waals surface area contributed by atoms with Gasteiger partial charge in [-0.2, -0.15) is 0 Å². The molecule has 0 aromatic heterocycles. The van der Waals surface area contributed by atoms with E-state index in [-0.39, 0.29) is 6.04 Å². The summed E-state index contributed by atoms with van der Waals surface area (Å²) in [7, 11) is 0. The summed E-state index contributed by atoms with van der Waals surface area (Å²) in [5.74, 6) is 1.17. The van der Waals surface area contributed by atoms with Crippen LogP contribution in [0.2, 0.25) is 5.02 Å². The highest BCUT2D eigenvalue weighted by Gasteiger charge is 2.21. The van der Waals surface area contributed by atoms with Crippen molar-refractivity contribution >= 4 is 11.6 Å². The minimum absolute atomic E-state index is 0.0225. The van der Waals surface area contributed by atoms with E-state index in [0.717, 1.165) is 31.8 Å². The van der Waals surface area contributed by atoms with E-state index < -0.39 is 0 Å². The second-order valence-electron chi connectivity index (χ2n) is 4.41. The maximum absolute atomic E-state index is 6.10. The first kappa shape index (κ1) is 12.7. The van der Waals surface area contributed by atoms with Crippen LogP contribution < -0.4 is 10.5 Å². The number of rotatable bonds is 4. The number of nitrogens with two attached hydrogens (primary N) is 1. The fourth-order valence-electron chi connectivity index (χ4n) is 1.99. The topological polar surface area (TPSA) is 44.5 Å². The van der Waals surface area contributed by atoms with E-state index in [2.05, 4.69) is 0 Å². The van der Waals surface area contributed by atoms with Crippen molar-refractivity contribution in [1.29, 1.82) is 0 Å². The van der Waals surface area contributed by atoms with Gasteiger partial charge in [-0.15, -0.1) is 0 Å². The van der Waals surface area contributed by atoms with Crippen LogP contribution in [0.3, 0.4) is 0 Å². The predicted octanol–water partition coefficient (Wildman–Crippen LogP) is 2.47. The molecule has 0 aliphatic carbocycles. The summed E-state index contributed by atoms with van der Waals surface area (Å²) in [4.78, 5) is 0. The van der Waals surface area contributed by atoms with E-state index in [1.54, 1.807) is 6.07 Å². The quantitative estimate of drug-likeness (QED) is 0.899.